The molecule has 0 bridgehead atoms. The third-order valence-electron chi connectivity index (χ3n) is 5.52. The molecule has 1 saturated heterocycles. The lowest BCUT2D eigenvalue weighted by Gasteiger charge is -2.30. The summed E-state index contributed by atoms with van der Waals surface area (Å²) in [4.78, 5) is 1.55. The monoisotopic (exact) mass is 409 g/mol. The van der Waals surface area contributed by atoms with Crippen molar-refractivity contribution in [3.8, 4) is 29.4 Å². The molecule has 2 fully saturated rings. The minimum absolute atomic E-state index is 0.0198. The van der Waals surface area contributed by atoms with Gasteiger partial charge in [-0.25, -0.2) is 0 Å². The van der Waals surface area contributed by atoms with Crippen molar-refractivity contribution in [3.63, 3.8) is 0 Å². The third-order valence-corrected chi connectivity index (χ3v) is 5.52. The number of benzene rings is 1. The number of ether oxygens (including phenoxy) is 2. The van der Waals surface area contributed by atoms with E-state index in [0.29, 0.717) is 37.2 Å². The molecule has 158 valence electrons. The van der Waals surface area contributed by atoms with Gasteiger partial charge in [-0.1, -0.05) is 5.92 Å². The van der Waals surface area contributed by atoms with Gasteiger partial charge in [0.2, 0.25) is 0 Å². The molecule has 6 heteroatoms. The summed E-state index contributed by atoms with van der Waals surface area (Å²) in [7, 11) is 0. The maximum absolute atomic E-state index is 7.70. The van der Waals surface area contributed by atoms with E-state index in [-0.39, 0.29) is 12.8 Å². The Bertz CT molecular complexity index is 1020. The number of hydrogen-bond acceptors (Lipinski definition) is 6. The Morgan fingerprint density at radius 3 is 2.97 bits per heavy atom. The molecule has 30 heavy (non-hydrogen) atoms. The first-order valence-corrected chi connectivity index (χ1v) is 10.6. The predicted octanol–water partition coefficient (Wildman–Crippen LogP) is 3.88. The second-order valence-electron chi connectivity index (χ2n) is 7.85. The molecule has 0 amide bonds. The summed E-state index contributed by atoms with van der Waals surface area (Å²) < 4.78 is 34.3. The number of likely N-dealkylation sites (tertiary alicyclic amines) is 1. The Balaban J connectivity index is 1.59. The molecule has 2 aromatic rings. The van der Waals surface area contributed by atoms with Crippen LogP contribution in [0.3, 0.4) is 0 Å². The van der Waals surface area contributed by atoms with Gasteiger partial charge in [0.05, 0.1) is 0 Å². The van der Waals surface area contributed by atoms with Gasteiger partial charge in [0.25, 0.3) is 0 Å². The zero-order chi connectivity index (χ0) is 23.4. The lowest BCUT2D eigenvalue weighted by atomic mass is 10.0. The van der Waals surface area contributed by atoms with E-state index in [1.807, 2.05) is 25.1 Å². The highest BCUT2D eigenvalue weighted by Crippen LogP contribution is 2.45. The summed E-state index contributed by atoms with van der Waals surface area (Å²) in [5.41, 5.74) is 3.46. The second kappa shape index (κ2) is 9.46. The Morgan fingerprint density at radius 1 is 1.30 bits per heavy atom. The van der Waals surface area contributed by atoms with Gasteiger partial charge in [-0.3, -0.25) is 0 Å². The van der Waals surface area contributed by atoms with E-state index in [2.05, 4.69) is 27.5 Å². The topological polar surface area (TPSA) is 59.5 Å². The quantitative estimate of drug-likeness (QED) is 0.406. The number of piperidine rings is 1. The maximum atomic E-state index is 7.70. The number of hydrogen-bond donors (Lipinski definition) is 1. The molecule has 1 aromatic carbocycles. The average Bonchev–Trinajstić information content (AvgIpc) is 3.64. The summed E-state index contributed by atoms with van der Waals surface area (Å²) >= 11 is 0. The van der Waals surface area contributed by atoms with Crippen molar-refractivity contribution in [2.75, 3.05) is 38.8 Å². The van der Waals surface area contributed by atoms with Gasteiger partial charge in [0.15, 0.2) is 6.79 Å². The van der Waals surface area contributed by atoms with E-state index in [9.17, 15) is 0 Å². The summed E-state index contributed by atoms with van der Waals surface area (Å²) in [6.07, 6.45) is 9.52. The molecule has 1 aliphatic heterocycles. The minimum Gasteiger partial charge on any atom is -0.467 e. The van der Waals surface area contributed by atoms with Crippen LogP contribution >= 0.6 is 0 Å². The Hall–Kier alpha value is -2.62. The maximum Gasteiger partial charge on any atom is 0.189 e. The highest BCUT2D eigenvalue weighted by atomic mass is 16.7. The highest BCUT2D eigenvalue weighted by molar-refractivity contribution is 5.73. The van der Waals surface area contributed by atoms with Crippen LogP contribution in [-0.4, -0.2) is 54.6 Å². The molecule has 1 N–H and O–H groups in total. The molecule has 1 aliphatic carbocycles. The van der Waals surface area contributed by atoms with E-state index in [4.69, 9.17) is 20.0 Å². The van der Waals surface area contributed by atoms with Gasteiger partial charge >= 0.3 is 0 Å². The molecule has 2 heterocycles. The summed E-state index contributed by atoms with van der Waals surface area (Å²) in [5, 5.41) is 12.4. The van der Waals surface area contributed by atoms with Crippen LogP contribution in [0.2, 0.25) is 0 Å². The SMILES string of the molecule is [2H]C([2H])([2H])N1CCC[C@@H](Nc2cc(C3CC3)c(-c3ccc(C#C)cc3OCOCC)nn2)C1. The number of terminal acetylenes is 1. The molecule has 2 aliphatic rings. The number of rotatable bonds is 8. The average molecular weight is 410 g/mol. The molecule has 0 unspecified atom stereocenters. The van der Waals surface area contributed by atoms with Crippen LogP contribution in [-0.2, 0) is 4.74 Å². The van der Waals surface area contributed by atoms with Gasteiger partial charge in [-0.15, -0.1) is 16.6 Å². The van der Waals surface area contributed by atoms with E-state index in [1.54, 1.807) is 4.90 Å². The molecule has 4 rings (SSSR count). The van der Waals surface area contributed by atoms with E-state index in [0.717, 1.165) is 48.1 Å². The standard InChI is InChI=1S/C24H30N4O2/c1-4-17-8-11-20(22(13-17)30-16-29-5-2)24-21(18-9-10-18)14-23(26-27-24)25-19-7-6-12-28(3)15-19/h1,8,11,13-14,18-19H,5-7,9-10,12,15-16H2,2-3H3,(H,25,26)/t19-/m1/s1/i3D3. The van der Waals surface area contributed by atoms with Crippen LogP contribution < -0.4 is 10.1 Å². The van der Waals surface area contributed by atoms with Gasteiger partial charge < -0.3 is 19.7 Å². The first-order valence-electron chi connectivity index (χ1n) is 12.1. The number of likely N-dealkylation sites (N-methyl/N-ethyl adjacent to an activating group) is 1. The fourth-order valence-electron chi connectivity index (χ4n) is 3.81. The second-order valence-corrected chi connectivity index (χ2v) is 7.85. The van der Waals surface area contributed by atoms with Crippen molar-refractivity contribution in [2.45, 2.75) is 44.6 Å². The van der Waals surface area contributed by atoms with Crippen LogP contribution in [0.5, 0.6) is 5.75 Å². The zero-order valence-electron chi connectivity index (χ0n) is 20.4. The Morgan fingerprint density at radius 2 is 2.20 bits per heavy atom. The van der Waals surface area contributed by atoms with Crippen molar-refractivity contribution in [1.29, 1.82) is 0 Å². The molecular formula is C24H30N4O2. The van der Waals surface area contributed by atoms with Crippen molar-refractivity contribution >= 4 is 5.82 Å². The highest BCUT2D eigenvalue weighted by Gasteiger charge is 2.29. The van der Waals surface area contributed by atoms with Crippen molar-refractivity contribution < 1.29 is 13.6 Å². The summed E-state index contributed by atoms with van der Waals surface area (Å²) in [6.45, 7) is 1.57. The van der Waals surface area contributed by atoms with Crippen LogP contribution in [0.25, 0.3) is 11.3 Å². The summed E-state index contributed by atoms with van der Waals surface area (Å²) in [6, 6.07) is 7.69. The molecule has 1 saturated carbocycles. The number of anilines is 1. The molecule has 0 radical (unpaired) electrons. The molecule has 1 aromatic heterocycles. The fourth-order valence-corrected chi connectivity index (χ4v) is 3.81. The van der Waals surface area contributed by atoms with Crippen LogP contribution in [0.1, 0.15) is 53.8 Å². The molecule has 1 atom stereocenters. The van der Waals surface area contributed by atoms with Crippen LogP contribution in [0.15, 0.2) is 24.3 Å². The first-order chi connectivity index (χ1) is 15.9. The van der Waals surface area contributed by atoms with E-state index < -0.39 is 6.98 Å². The Kier molecular flexibility index (Phi) is 5.39. The van der Waals surface area contributed by atoms with Crippen LogP contribution in [0, 0.1) is 12.3 Å². The number of aromatic nitrogens is 2. The van der Waals surface area contributed by atoms with Crippen molar-refractivity contribution in [3.05, 3.63) is 35.4 Å². The normalized spacial score (nSPS) is 21.2. The molecule has 0 spiro atoms. The Labute approximate surface area is 183 Å². The van der Waals surface area contributed by atoms with Crippen LogP contribution in [0.4, 0.5) is 5.82 Å². The summed E-state index contributed by atoms with van der Waals surface area (Å²) in [5.74, 6) is 4.37. The predicted molar refractivity (Wildman–Crippen MR) is 119 cm³/mol. The third kappa shape index (κ3) is 4.92. The van der Waals surface area contributed by atoms with Gasteiger partial charge in [0, 0.05) is 34.4 Å². The van der Waals surface area contributed by atoms with E-state index in [1.165, 1.54) is 0 Å². The van der Waals surface area contributed by atoms with Crippen molar-refractivity contribution in [2.24, 2.45) is 0 Å². The molecule has 6 nitrogen and oxygen atoms in total. The van der Waals surface area contributed by atoms with E-state index >= 15 is 0 Å². The van der Waals surface area contributed by atoms with Gasteiger partial charge in [0.1, 0.15) is 17.3 Å². The number of nitrogens with one attached hydrogen (secondary N) is 1. The lowest BCUT2D eigenvalue weighted by molar-refractivity contribution is 0.0227. The fraction of sp³-hybridized carbons (Fsp3) is 0.500. The largest absolute Gasteiger partial charge is 0.467 e. The number of nitrogens with zero attached hydrogens (tertiary/aromatic N) is 3. The van der Waals surface area contributed by atoms with Crippen molar-refractivity contribution in [1.82, 2.24) is 15.1 Å². The lowest BCUT2D eigenvalue weighted by Crippen LogP contribution is -2.39. The first kappa shape index (κ1) is 17.1. The van der Waals surface area contributed by atoms with Gasteiger partial charge in [-0.05, 0) is 81.9 Å². The zero-order valence-corrected chi connectivity index (χ0v) is 17.4. The smallest absolute Gasteiger partial charge is 0.189 e. The minimum atomic E-state index is -2.07. The van der Waals surface area contributed by atoms with Gasteiger partial charge in [-0.2, -0.15) is 0 Å². The molecular weight excluding hydrogens is 376 g/mol.